The maximum absolute atomic E-state index is 5.55. The van der Waals surface area contributed by atoms with Gasteiger partial charge in [-0.15, -0.1) is 0 Å². The Hall–Kier alpha value is 0.170. The van der Waals surface area contributed by atoms with Gasteiger partial charge in [0.15, 0.2) is 0 Å². The van der Waals surface area contributed by atoms with Gasteiger partial charge in [-0.25, -0.2) is 4.98 Å². The number of hydrogen-bond acceptors (Lipinski definition) is 1. The minimum atomic E-state index is 0.686. The van der Waals surface area contributed by atoms with Crippen LogP contribution >= 0.6 is 34.2 Å². The van der Waals surface area contributed by atoms with Gasteiger partial charge in [0.05, 0.1) is 5.02 Å². The summed E-state index contributed by atoms with van der Waals surface area (Å²) in [5, 5.41) is 0.686. The Morgan fingerprint density at radius 3 is 2.62 bits per heavy atom. The van der Waals surface area contributed by atoms with Gasteiger partial charge in [0.25, 0.3) is 0 Å². The molecule has 1 aromatic rings. The SMILES string of the molecule is Clc1ccc(I)nc1. The van der Waals surface area contributed by atoms with Crippen molar-refractivity contribution >= 4 is 34.2 Å². The first-order valence-electron chi connectivity index (χ1n) is 2.06. The molecule has 0 aliphatic heterocycles. The fourth-order valence-electron chi connectivity index (χ4n) is 0.358. The Morgan fingerprint density at radius 1 is 1.50 bits per heavy atom. The summed E-state index contributed by atoms with van der Waals surface area (Å²) in [7, 11) is 0. The summed E-state index contributed by atoms with van der Waals surface area (Å²) in [4.78, 5) is 3.93. The van der Waals surface area contributed by atoms with Crippen LogP contribution in [-0.4, -0.2) is 4.98 Å². The molecule has 0 fully saturated rings. The molecule has 0 saturated heterocycles. The van der Waals surface area contributed by atoms with E-state index in [2.05, 4.69) is 27.6 Å². The Kier molecular flexibility index (Phi) is 2.08. The Morgan fingerprint density at radius 2 is 2.25 bits per heavy atom. The van der Waals surface area contributed by atoms with Crippen molar-refractivity contribution in [2.24, 2.45) is 0 Å². The van der Waals surface area contributed by atoms with E-state index < -0.39 is 0 Å². The summed E-state index contributed by atoms with van der Waals surface area (Å²) in [6.07, 6.45) is 1.63. The first-order valence-corrected chi connectivity index (χ1v) is 3.52. The molecule has 0 aliphatic rings. The standard InChI is InChI=1S/C5H3ClIN/c6-4-1-2-5(7)8-3-4/h1-3H. The molecule has 1 rings (SSSR count). The van der Waals surface area contributed by atoms with E-state index in [1.807, 2.05) is 12.1 Å². The van der Waals surface area contributed by atoms with Gasteiger partial charge in [-0.3, -0.25) is 0 Å². The highest BCUT2D eigenvalue weighted by atomic mass is 127. The molecule has 0 radical (unpaired) electrons. The molecular formula is C5H3ClIN. The van der Waals surface area contributed by atoms with E-state index in [1.165, 1.54) is 0 Å². The van der Waals surface area contributed by atoms with Gasteiger partial charge in [-0.1, -0.05) is 11.6 Å². The lowest BCUT2D eigenvalue weighted by Gasteiger charge is -1.85. The Labute approximate surface area is 66.2 Å². The molecule has 1 aromatic heterocycles. The zero-order chi connectivity index (χ0) is 5.98. The number of aromatic nitrogens is 1. The van der Waals surface area contributed by atoms with E-state index in [1.54, 1.807) is 6.20 Å². The van der Waals surface area contributed by atoms with E-state index in [9.17, 15) is 0 Å². The molecule has 3 heteroatoms. The van der Waals surface area contributed by atoms with Crippen molar-refractivity contribution in [2.45, 2.75) is 0 Å². The number of halogens is 2. The zero-order valence-electron chi connectivity index (χ0n) is 3.94. The normalized spacial score (nSPS) is 9.25. The van der Waals surface area contributed by atoms with Crippen molar-refractivity contribution in [3.05, 3.63) is 27.1 Å². The van der Waals surface area contributed by atoms with Crippen molar-refractivity contribution in [2.75, 3.05) is 0 Å². The fraction of sp³-hybridized carbons (Fsp3) is 0. The summed E-state index contributed by atoms with van der Waals surface area (Å²) in [5.74, 6) is 0. The van der Waals surface area contributed by atoms with Crippen LogP contribution in [-0.2, 0) is 0 Å². The monoisotopic (exact) mass is 239 g/mol. The molecule has 1 heterocycles. The van der Waals surface area contributed by atoms with Crippen molar-refractivity contribution in [1.29, 1.82) is 0 Å². The summed E-state index contributed by atoms with van der Waals surface area (Å²) in [5.41, 5.74) is 0. The van der Waals surface area contributed by atoms with Crippen LogP contribution in [0.4, 0.5) is 0 Å². The molecule has 0 unspecified atom stereocenters. The maximum Gasteiger partial charge on any atom is 0.101 e. The molecule has 0 amide bonds. The largest absolute Gasteiger partial charge is 0.249 e. The summed E-state index contributed by atoms with van der Waals surface area (Å²) in [6.45, 7) is 0. The van der Waals surface area contributed by atoms with Crippen LogP contribution < -0.4 is 0 Å². The molecule has 0 bridgehead atoms. The molecule has 8 heavy (non-hydrogen) atoms. The number of pyridine rings is 1. The molecule has 0 N–H and O–H groups in total. The second-order valence-corrected chi connectivity index (χ2v) is 2.84. The third-order valence-electron chi connectivity index (χ3n) is 0.691. The lowest BCUT2D eigenvalue weighted by Crippen LogP contribution is -1.74. The van der Waals surface area contributed by atoms with Crippen molar-refractivity contribution in [3.63, 3.8) is 0 Å². The molecule has 42 valence electrons. The number of nitrogens with zero attached hydrogens (tertiary/aromatic N) is 1. The van der Waals surface area contributed by atoms with Gasteiger partial charge in [-0.05, 0) is 34.7 Å². The van der Waals surface area contributed by atoms with Crippen LogP contribution in [0.2, 0.25) is 5.02 Å². The predicted molar refractivity (Wildman–Crippen MR) is 42.0 cm³/mol. The second kappa shape index (κ2) is 2.64. The van der Waals surface area contributed by atoms with Gasteiger partial charge in [-0.2, -0.15) is 0 Å². The summed E-state index contributed by atoms with van der Waals surface area (Å²) < 4.78 is 0.965. The molecule has 0 atom stereocenters. The van der Waals surface area contributed by atoms with Crippen molar-refractivity contribution in [1.82, 2.24) is 4.98 Å². The number of rotatable bonds is 0. The zero-order valence-corrected chi connectivity index (χ0v) is 6.85. The molecule has 1 nitrogen and oxygen atoms in total. The highest BCUT2D eigenvalue weighted by Crippen LogP contribution is 2.06. The van der Waals surface area contributed by atoms with Crippen molar-refractivity contribution in [3.8, 4) is 0 Å². The van der Waals surface area contributed by atoms with Crippen LogP contribution in [0.25, 0.3) is 0 Å². The Bertz CT molecular complexity index is 151. The summed E-state index contributed by atoms with van der Waals surface area (Å²) >= 11 is 7.67. The molecular weight excluding hydrogens is 236 g/mol. The molecule has 0 aliphatic carbocycles. The smallest absolute Gasteiger partial charge is 0.101 e. The Balaban J connectivity index is 3.03. The fourth-order valence-corrected chi connectivity index (χ4v) is 0.789. The third kappa shape index (κ3) is 1.59. The van der Waals surface area contributed by atoms with E-state index in [4.69, 9.17) is 11.6 Å². The molecule has 0 aromatic carbocycles. The van der Waals surface area contributed by atoms with Crippen LogP contribution in [0.3, 0.4) is 0 Å². The highest BCUT2D eigenvalue weighted by Gasteiger charge is 1.84. The van der Waals surface area contributed by atoms with Crippen LogP contribution in [0.1, 0.15) is 0 Å². The van der Waals surface area contributed by atoms with Gasteiger partial charge in [0.2, 0.25) is 0 Å². The summed E-state index contributed by atoms with van der Waals surface area (Å²) in [6, 6.07) is 3.68. The average Bonchev–Trinajstić information content (AvgIpc) is 1.77. The lowest BCUT2D eigenvalue weighted by atomic mass is 10.5. The van der Waals surface area contributed by atoms with Gasteiger partial charge >= 0.3 is 0 Å². The number of hydrogen-bond donors (Lipinski definition) is 0. The van der Waals surface area contributed by atoms with Crippen LogP contribution in [0.5, 0.6) is 0 Å². The topological polar surface area (TPSA) is 12.9 Å². The van der Waals surface area contributed by atoms with E-state index in [0.717, 1.165) is 3.70 Å². The van der Waals surface area contributed by atoms with Gasteiger partial charge in [0.1, 0.15) is 3.70 Å². The van der Waals surface area contributed by atoms with Gasteiger partial charge in [0, 0.05) is 6.20 Å². The van der Waals surface area contributed by atoms with Gasteiger partial charge < -0.3 is 0 Å². The predicted octanol–water partition coefficient (Wildman–Crippen LogP) is 2.34. The second-order valence-electron chi connectivity index (χ2n) is 1.30. The third-order valence-corrected chi connectivity index (χ3v) is 1.55. The average molecular weight is 239 g/mol. The molecule has 0 spiro atoms. The molecule has 0 saturated carbocycles. The van der Waals surface area contributed by atoms with E-state index >= 15 is 0 Å². The maximum atomic E-state index is 5.55. The van der Waals surface area contributed by atoms with Crippen LogP contribution in [0.15, 0.2) is 18.3 Å². The van der Waals surface area contributed by atoms with Crippen molar-refractivity contribution < 1.29 is 0 Å². The first kappa shape index (κ1) is 6.29. The quantitative estimate of drug-likeness (QED) is 0.500. The highest BCUT2D eigenvalue weighted by molar-refractivity contribution is 14.1. The minimum absolute atomic E-state index is 0.686. The lowest BCUT2D eigenvalue weighted by molar-refractivity contribution is 1.27. The first-order chi connectivity index (χ1) is 3.79. The minimum Gasteiger partial charge on any atom is -0.249 e. The van der Waals surface area contributed by atoms with E-state index in [-0.39, 0.29) is 0 Å². The van der Waals surface area contributed by atoms with Crippen LogP contribution in [0, 0.1) is 3.70 Å². The van der Waals surface area contributed by atoms with E-state index in [0.29, 0.717) is 5.02 Å².